The van der Waals surface area contributed by atoms with Gasteiger partial charge in [-0.1, -0.05) is 13.0 Å². The maximum absolute atomic E-state index is 13.2. The number of hydrogen-bond acceptors (Lipinski definition) is 5. The molecule has 0 aliphatic rings. The Hall–Kier alpha value is -3.55. The number of pyridine rings is 1. The molecule has 2 aromatic heterocycles. The predicted octanol–water partition coefficient (Wildman–Crippen LogP) is 2.54. The molecule has 0 saturated carbocycles. The zero-order valence-electron chi connectivity index (χ0n) is 15.6. The SMILES string of the molecule is CCC(CN(C(=O)c1ccc2c(c1)nc(C=O)n2C)c1ccccn1)C(=O)O. The van der Waals surface area contributed by atoms with Crippen LogP contribution in [-0.2, 0) is 11.8 Å². The van der Waals surface area contributed by atoms with Gasteiger partial charge in [0.05, 0.1) is 17.0 Å². The Balaban J connectivity index is 2.02. The first-order valence-corrected chi connectivity index (χ1v) is 8.83. The predicted molar refractivity (Wildman–Crippen MR) is 103 cm³/mol. The summed E-state index contributed by atoms with van der Waals surface area (Å²) in [5.74, 6) is -1.42. The summed E-state index contributed by atoms with van der Waals surface area (Å²) in [5.41, 5.74) is 1.58. The van der Waals surface area contributed by atoms with Crippen LogP contribution in [0.3, 0.4) is 0 Å². The van der Waals surface area contributed by atoms with E-state index < -0.39 is 11.9 Å². The summed E-state index contributed by atoms with van der Waals surface area (Å²) in [4.78, 5) is 45.6. The van der Waals surface area contributed by atoms with Gasteiger partial charge in [0.25, 0.3) is 5.91 Å². The van der Waals surface area contributed by atoms with Crippen molar-refractivity contribution in [3.05, 3.63) is 54.0 Å². The molecule has 144 valence electrons. The highest BCUT2D eigenvalue weighted by molar-refractivity contribution is 6.07. The van der Waals surface area contributed by atoms with E-state index in [2.05, 4.69) is 9.97 Å². The van der Waals surface area contributed by atoms with E-state index in [-0.39, 0.29) is 18.3 Å². The summed E-state index contributed by atoms with van der Waals surface area (Å²) in [5, 5.41) is 9.42. The van der Waals surface area contributed by atoms with Crippen LogP contribution in [0.15, 0.2) is 42.6 Å². The first-order chi connectivity index (χ1) is 13.5. The highest BCUT2D eigenvalue weighted by Gasteiger charge is 2.26. The number of rotatable bonds is 7. The van der Waals surface area contributed by atoms with Gasteiger partial charge in [0.1, 0.15) is 5.82 Å². The number of aryl methyl sites for hydroxylation is 1. The van der Waals surface area contributed by atoms with Crippen molar-refractivity contribution >= 4 is 35.0 Å². The molecule has 1 N–H and O–H groups in total. The Bertz CT molecular complexity index is 1030. The molecule has 0 aliphatic carbocycles. The Kier molecular flexibility index (Phi) is 5.49. The van der Waals surface area contributed by atoms with Crippen molar-refractivity contribution < 1.29 is 19.5 Å². The molecular weight excluding hydrogens is 360 g/mol. The third-order valence-electron chi connectivity index (χ3n) is 4.68. The van der Waals surface area contributed by atoms with Crippen LogP contribution in [0, 0.1) is 5.92 Å². The smallest absolute Gasteiger partial charge is 0.308 e. The van der Waals surface area contributed by atoms with E-state index in [1.165, 1.54) is 4.90 Å². The summed E-state index contributed by atoms with van der Waals surface area (Å²) < 4.78 is 1.64. The quantitative estimate of drug-likeness (QED) is 0.632. The Morgan fingerprint density at radius 3 is 2.68 bits per heavy atom. The number of anilines is 1. The number of carbonyl (C=O) groups excluding carboxylic acids is 2. The van der Waals surface area contributed by atoms with Crippen molar-refractivity contribution in [3.8, 4) is 0 Å². The molecule has 2 heterocycles. The Morgan fingerprint density at radius 1 is 1.29 bits per heavy atom. The molecule has 0 aliphatic heterocycles. The number of hydrogen-bond donors (Lipinski definition) is 1. The van der Waals surface area contributed by atoms with Gasteiger partial charge < -0.3 is 9.67 Å². The van der Waals surface area contributed by atoms with Gasteiger partial charge >= 0.3 is 5.97 Å². The molecular formula is C20H20N4O4. The molecule has 1 amide bonds. The second kappa shape index (κ2) is 7.99. The minimum atomic E-state index is -0.966. The molecule has 8 heteroatoms. The van der Waals surface area contributed by atoms with Gasteiger partial charge in [-0.05, 0) is 36.8 Å². The average molecular weight is 380 g/mol. The lowest BCUT2D eigenvalue weighted by Crippen LogP contribution is -2.38. The van der Waals surface area contributed by atoms with Crippen LogP contribution < -0.4 is 4.90 Å². The summed E-state index contributed by atoms with van der Waals surface area (Å²) in [7, 11) is 1.72. The van der Waals surface area contributed by atoms with E-state index in [9.17, 15) is 19.5 Å². The monoisotopic (exact) mass is 380 g/mol. The van der Waals surface area contributed by atoms with Crippen molar-refractivity contribution in [1.82, 2.24) is 14.5 Å². The Morgan fingerprint density at radius 2 is 2.07 bits per heavy atom. The summed E-state index contributed by atoms with van der Waals surface area (Å²) in [6.07, 6.45) is 2.59. The van der Waals surface area contributed by atoms with Gasteiger partial charge in [-0.2, -0.15) is 0 Å². The fraction of sp³-hybridized carbons (Fsp3) is 0.250. The summed E-state index contributed by atoms with van der Waals surface area (Å²) in [6, 6.07) is 10.1. The lowest BCUT2D eigenvalue weighted by atomic mass is 10.1. The fourth-order valence-corrected chi connectivity index (χ4v) is 3.01. The second-order valence-corrected chi connectivity index (χ2v) is 6.40. The van der Waals surface area contributed by atoms with Crippen LogP contribution >= 0.6 is 0 Å². The molecule has 1 atom stereocenters. The molecule has 0 bridgehead atoms. The van der Waals surface area contributed by atoms with E-state index in [0.717, 1.165) is 5.52 Å². The molecule has 28 heavy (non-hydrogen) atoms. The number of nitrogens with zero attached hydrogens (tertiary/aromatic N) is 4. The largest absolute Gasteiger partial charge is 0.481 e. The van der Waals surface area contributed by atoms with Crippen molar-refractivity contribution in [1.29, 1.82) is 0 Å². The number of aromatic nitrogens is 3. The normalized spacial score (nSPS) is 11.9. The van der Waals surface area contributed by atoms with Crippen molar-refractivity contribution in [2.45, 2.75) is 13.3 Å². The van der Waals surface area contributed by atoms with Gasteiger partial charge in [-0.25, -0.2) is 9.97 Å². The van der Waals surface area contributed by atoms with Crippen molar-refractivity contribution in [2.24, 2.45) is 13.0 Å². The Labute approximate surface area is 161 Å². The molecule has 0 radical (unpaired) electrons. The van der Waals surface area contributed by atoms with E-state index in [1.807, 2.05) is 0 Å². The topological polar surface area (TPSA) is 105 Å². The van der Waals surface area contributed by atoms with Gasteiger partial charge in [0, 0.05) is 25.4 Å². The number of imidazole rings is 1. The van der Waals surface area contributed by atoms with Crippen LogP contribution in [0.25, 0.3) is 11.0 Å². The number of carbonyl (C=O) groups is 3. The molecule has 1 aromatic carbocycles. The maximum atomic E-state index is 13.2. The summed E-state index contributed by atoms with van der Waals surface area (Å²) >= 11 is 0. The molecule has 3 aromatic rings. The van der Waals surface area contributed by atoms with E-state index in [0.29, 0.717) is 29.6 Å². The van der Waals surface area contributed by atoms with Gasteiger partial charge in [0.15, 0.2) is 12.1 Å². The molecule has 8 nitrogen and oxygen atoms in total. The van der Waals surface area contributed by atoms with E-state index in [4.69, 9.17) is 0 Å². The second-order valence-electron chi connectivity index (χ2n) is 6.40. The number of aliphatic carboxylic acids is 1. The molecule has 0 saturated heterocycles. The number of aldehydes is 1. The van der Waals surface area contributed by atoms with Crippen LogP contribution in [0.5, 0.6) is 0 Å². The minimum absolute atomic E-state index is 0.00151. The highest BCUT2D eigenvalue weighted by Crippen LogP contribution is 2.21. The lowest BCUT2D eigenvalue weighted by Gasteiger charge is -2.24. The number of carboxylic acid groups (broad SMARTS) is 1. The van der Waals surface area contributed by atoms with Crippen molar-refractivity contribution in [2.75, 3.05) is 11.4 Å². The van der Waals surface area contributed by atoms with Crippen LogP contribution in [-0.4, -0.2) is 44.3 Å². The average Bonchev–Trinajstić information content (AvgIpc) is 3.04. The van der Waals surface area contributed by atoms with E-state index in [1.54, 1.807) is 61.1 Å². The molecule has 0 fully saturated rings. The highest BCUT2D eigenvalue weighted by atomic mass is 16.4. The fourth-order valence-electron chi connectivity index (χ4n) is 3.01. The van der Waals surface area contributed by atoms with E-state index >= 15 is 0 Å². The van der Waals surface area contributed by atoms with Crippen LogP contribution in [0.4, 0.5) is 5.82 Å². The molecule has 0 spiro atoms. The van der Waals surface area contributed by atoms with Gasteiger partial charge in [-0.3, -0.25) is 19.3 Å². The molecule has 3 rings (SSSR count). The van der Waals surface area contributed by atoms with Gasteiger partial charge in [0.2, 0.25) is 0 Å². The van der Waals surface area contributed by atoms with Crippen molar-refractivity contribution in [3.63, 3.8) is 0 Å². The van der Waals surface area contributed by atoms with Crippen LogP contribution in [0.1, 0.15) is 34.3 Å². The lowest BCUT2D eigenvalue weighted by molar-refractivity contribution is -0.141. The van der Waals surface area contributed by atoms with Crippen LogP contribution in [0.2, 0.25) is 0 Å². The first-order valence-electron chi connectivity index (χ1n) is 8.83. The standard InChI is InChI=1S/C20H20N4O4/c1-3-13(20(27)28)11-24(17-6-4-5-9-21-17)19(26)14-7-8-16-15(10-14)22-18(12-25)23(16)2/h4-10,12-13H,3,11H2,1-2H3,(H,27,28). The minimum Gasteiger partial charge on any atom is -0.481 e. The molecule has 1 unspecified atom stereocenters. The number of benzene rings is 1. The number of amides is 1. The van der Waals surface area contributed by atoms with Gasteiger partial charge in [-0.15, -0.1) is 0 Å². The third-order valence-corrected chi connectivity index (χ3v) is 4.68. The number of carboxylic acids is 1. The third kappa shape index (κ3) is 3.62. The maximum Gasteiger partial charge on any atom is 0.308 e. The first kappa shape index (κ1) is 19.2. The number of fused-ring (bicyclic) bond motifs is 1. The zero-order valence-corrected chi connectivity index (χ0v) is 15.6. The summed E-state index contributed by atoms with van der Waals surface area (Å²) in [6.45, 7) is 1.77. The zero-order chi connectivity index (χ0) is 20.3.